The van der Waals surface area contributed by atoms with Crippen molar-refractivity contribution in [2.75, 3.05) is 18.4 Å². The maximum Gasteiger partial charge on any atom is 0.255 e. The third kappa shape index (κ3) is 4.59. The molecule has 0 radical (unpaired) electrons. The number of carbonyl (C=O) groups excluding carboxylic acids is 1. The minimum atomic E-state index is -0.143. The molecule has 0 saturated carbocycles. The third-order valence-electron chi connectivity index (χ3n) is 4.58. The number of piperidine rings is 1. The van der Waals surface area contributed by atoms with Crippen molar-refractivity contribution in [3.8, 4) is 0 Å². The number of hydrogen-bond acceptors (Lipinski definition) is 2. The van der Waals surface area contributed by atoms with Crippen molar-refractivity contribution in [1.82, 2.24) is 4.90 Å². The highest BCUT2D eigenvalue weighted by atomic mass is 35.5. The lowest BCUT2D eigenvalue weighted by molar-refractivity contribution is 0.102. The molecule has 1 amide bonds. The van der Waals surface area contributed by atoms with Gasteiger partial charge in [0, 0.05) is 22.8 Å². The molecule has 1 saturated heterocycles. The molecule has 24 heavy (non-hydrogen) atoms. The van der Waals surface area contributed by atoms with E-state index in [1.165, 1.54) is 31.5 Å². The molecule has 2 aromatic rings. The summed E-state index contributed by atoms with van der Waals surface area (Å²) in [5, 5.41) is 3.47. The molecule has 3 rings (SSSR count). The van der Waals surface area contributed by atoms with Crippen LogP contribution in [0.3, 0.4) is 0 Å². The largest absolute Gasteiger partial charge is 0.322 e. The number of amides is 1. The number of rotatable bonds is 4. The molecule has 0 atom stereocenters. The number of benzene rings is 2. The van der Waals surface area contributed by atoms with Crippen LogP contribution < -0.4 is 5.32 Å². The van der Waals surface area contributed by atoms with E-state index in [-0.39, 0.29) is 5.91 Å². The van der Waals surface area contributed by atoms with E-state index in [9.17, 15) is 4.79 Å². The fourth-order valence-corrected chi connectivity index (χ4v) is 3.20. The van der Waals surface area contributed by atoms with Gasteiger partial charge in [0.1, 0.15) is 0 Å². The maximum absolute atomic E-state index is 12.2. The third-order valence-corrected chi connectivity index (χ3v) is 4.82. The first-order chi connectivity index (χ1) is 11.6. The lowest BCUT2D eigenvalue weighted by Gasteiger charge is -2.30. The van der Waals surface area contributed by atoms with Crippen molar-refractivity contribution < 1.29 is 4.79 Å². The van der Waals surface area contributed by atoms with Crippen molar-refractivity contribution in [3.05, 3.63) is 64.7 Å². The SMILES string of the molecule is CC1CCN(Cc2ccc(NC(=O)c3cccc(Cl)c3)cc2)CC1. The molecule has 4 heteroatoms. The molecule has 0 unspecified atom stereocenters. The quantitative estimate of drug-likeness (QED) is 0.863. The number of anilines is 1. The summed E-state index contributed by atoms with van der Waals surface area (Å²) in [4.78, 5) is 14.7. The van der Waals surface area contributed by atoms with E-state index in [2.05, 4.69) is 29.3 Å². The summed E-state index contributed by atoms with van der Waals surface area (Å²) in [6.07, 6.45) is 2.57. The van der Waals surface area contributed by atoms with Crippen molar-refractivity contribution in [2.24, 2.45) is 5.92 Å². The molecule has 1 heterocycles. The van der Waals surface area contributed by atoms with Gasteiger partial charge < -0.3 is 5.32 Å². The van der Waals surface area contributed by atoms with Crippen LogP contribution in [0, 0.1) is 5.92 Å². The van der Waals surface area contributed by atoms with Gasteiger partial charge in [-0.25, -0.2) is 0 Å². The molecule has 2 aromatic carbocycles. The highest BCUT2D eigenvalue weighted by Gasteiger charge is 2.15. The van der Waals surface area contributed by atoms with Crippen LogP contribution in [-0.4, -0.2) is 23.9 Å². The first kappa shape index (κ1) is 17.0. The van der Waals surface area contributed by atoms with Crippen molar-refractivity contribution >= 4 is 23.2 Å². The zero-order chi connectivity index (χ0) is 16.9. The first-order valence-corrected chi connectivity index (χ1v) is 8.86. The minimum absolute atomic E-state index is 0.143. The van der Waals surface area contributed by atoms with Gasteiger partial charge in [-0.15, -0.1) is 0 Å². The molecule has 1 fully saturated rings. The Balaban J connectivity index is 1.57. The predicted molar refractivity (Wildman–Crippen MR) is 99.5 cm³/mol. The second-order valence-corrected chi connectivity index (χ2v) is 7.06. The molecule has 3 nitrogen and oxygen atoms in total. The highest BCUT2D eigenvalue weighted by Crippen LogP contribution is 2.19. The van der Waals surface area contributed by atoms with Crippen molar-refractivity contribution in [3.63, 3.8) is 0 Å². The summed E-state index contributed by atoms with van der Waals surface area (Å²) in [6.45, 7) is 5.66. The van der Waals surface area contributed by atoms with Crippen molar-refractivity contribution in [1.29, 1.82) is 0 Å². The zero-order valence-electron chi connectivity index (χ0n) is 14.0. The average Bonchev–Trinajstić information content (AvgIpc) is 2.59. The van der Waals surface area contributed by atoms with E-state index in [1.54, 1.807) is 24.3 Å². The van der Waals surface area contributed by atoms with Gasteiger partial charge in [0.25, 0.3) is 5.91 Å². The summed E-state index contributed by atoms with van der Waals surface area (Å²) >= 11 is 5.93. The van der Waals surface area contributed by atoms with E-state index in [0.29, 0.717) is 10.6 Å². The Morgan fingerprint density at radius 2 is 1.88 bits per heavy atom. The van der Waals surface area contributed by atoms with Crippen molar-refractivity contribution in [2.45, 2.75) is 26.3 Å². The summed E-state index contributed by atoms with van der Waals surface area (Å²) in [7, 11) is 0. The average molecular weight is 343 g/mol. The van der Waals surface area contributed by atoms with Gasteiger partial charge in [0.05, 0.1) is 0 Å². The summed E-state index contributed by atoms with van der Waals surface area (Å²) in [5.74, 6) is 0.709. The van der Waals surface area contributed by atoms with Crippen LogP contribution in [0.5, 0.6) is 0 Å². The Hall–Kier alpha value is -1.84. The van der Waals surface area contributed by atoms with Crippen LogP contribution in [0.15, 0.2) is 48.5 Å². The Morgan fingerprint density at radius 1 is 1.17 bits per heavy atom. The minimum Gasteiger partial charge on any atom is -0.322 e. The van der Waals surface area contributed by atoms with E-state index < -0.39 is 0 Å². The summed E-state index contributed by atoms with van der Waals surface area (Å²) in [5.41, 5.74) is 2.65. The molecular weight excluding hydrogens is 320 g/mol. The predicted octanol–water partition coefficient (Wildman–Crippen LogP) is 4.82. The molecule has 1 aliphatic rings. The number of nitrogens with zero attached hydrogens (tertiary/aromatic N) is 1. The number of nitrogens with one attached hydrogen (secondary N) is 1. The van der Waals surface area contributed by atoms with Crippen LogP contribution in [-0.2, 0) is 6.54 Å². The molecule has 0 aromatic heterocycles. The van der Waals surface area contributed by atoms with E-state index >= 15 is 0 Å². The summed E-state index contributed by atoms with van der Waals surface area (Å²) < 4.78 is 0. The van der Waals surface area contributed by atoms with Gasteiger partial charge in [0.2, 0.25) is 0 Å². The second kappa shape index (κ2) is 7.82. The van der Waals surface area contributed by atoms with Gasteiger partial charge in [-0.2, -0.15) is 0 Å². The smallest absolute Gasteiger partial charge is 0.255 e. The monoisotopic (exact) mass is 342 g/mol. The normalized spacial score (nSPS) is 16.1. The van der Waals surface area contributed by atoms with Gasteiger partial charge >= 0.3 is 0 Å². The van der Waals surface area contributed by atoms with Crippen LogP contribution in [0.1, 0.15) is 35.7 Å². The fraction of sp³-hybridized carbons (Fsp3) is 0.350. The Labute approximate surface area is 148 Å². The number of hydrogen-bond donors (Lipinski definition) is 1. The lowest BCUT2D eigenvalue weighted by atomic mass is 9.99. The fourth-order valence-electron chi connectivity index (χ4n) is 3.00. The zero-order valence-corrected chi connectivity index (χ0v) is 14.7. The molecule has 1 aliphatic heterocycles. The number of likely N-dealkylation sites (tertiary alicyclic amines) is 1. The van der Waals surface area contributed by atoms with E-state index in [1.807, 2.05) is 12.1 Å². The van der Waals surface area contributed by atoms with Gasteiger partial charge in [-0.1, -0.05) is 36.7 Å². The van der Waals surface area contributed by atoms with E-state index in [4.69, 9.17) is 11.6 Å². The Bertz CT molecular complexity index is 691. The Morgan fingerprint density at radius 3 is 2.54 bits per heavy atom. The summed E-state index contributed by atoms with van der Waals surface area (Å²) in [6, 6.07) is 15.1. The molecule has 0 bridgehead atoms. The van der Waals surface area contributed by atoms with E-state index in [0.717, 1.165) is 18.2 Å². The second-order valence-electron chi connectivity index (χ2n) is 6.62. The molecule has 0 spiro atoms. The van der Waals surface area contributed by atoms with Crippen LogP contribution in [0.4, 0.5) is 5.69 Å². The standard InChI is InChI=1S/C20H23ClN2O/c1-15-9-11-23(12-10-15)14-16-5-7-19(8-6-16)22-20(24)17-3-2-4-18(21)13-17/h2-8,13,15H,9-12,14H2,1H3,(H,22,24). The topological polar surface area (TPSA) is 32.3 Å². The Kier molecular flexibility index (Phi) is 5.54. The highest BCUT2D eigenvalue weighted by molar-refractivity contribution is 6.31. The van der Waals surface area contributed by atoms with Crippen LogP contribution in [0.2, 0.25) is 5.02 Å². The maximum atomic E-state index is 12.2. The van der Waals surface area contributed by atoms with Gasteiger partial charge in [0.15, 0.2) is 0 Å². The molecular formula is C20H23ClN2O. The van der Waals surface area contributed by atoms with Gasteiger partial charge in [-0.05, 0) is 67.7 Å². The van der Waals surface area contributed by atoms with Crippen LogP contribution >= 0.6 is 11.6 Å². The molecule has 1 N–H and O–H groups in total. The molecule has 0 aliphatic carbocycles. The molecule has 126 valence electrons. The first-order valence-electron chi connectivity index (χ1n) is 8.48. The van der Waals surface area contributed by atoms with Crippen LogP contribution in [0.25, 0.3) is 0 Å². The lowest BCUT2D eigenvalue weighted by Crippen LogP contribution is -2.32. The number of halogens is 1. The van der Waals surface area contributed by atoms with Gasteiger partial charge in [-0.3, -0.25) is 9.69 Å². The number of carbonyl (C=O) groups is 1.